The summed E-state index contributed by atoms with van der Waals surface area (Å²) in [5, 5.41) is 22.6. The Bertz CT molecular complexity index is 1850. The Labute approximate surface area is 277 Å². The third-order valence-electron chi connectivity index (χ3n) is 7.81. The molecule has 6 rings (SSSR count). The van der Waals surface area contributed by atoms with E-state index in [1.807, 2.05) is 81.9 Å². The molecule has 0 saturated heterocycles. The van der Waals surface area contributed by atoms with E-state index >= 15 is 0 Å². The number of ether oxygens (including phenoxy) is 1. The minimum absolute atomic E-state index is 0.119. The number of aliphatic hydroxyl groups is 2. The molecule has 0 aliphatic heterocycles. The Morgan fingerprint density at radius 1 is 0.638 bits per heavy atom. The van der Waals surface area contributed by atoms with Crippen molar-refractivity contribution in [3.05, 3.63) is 109 Å². The highest BCUT2D eigenvalue weighted by Crippen LogP contribution is 2.25. The second-order valence-electron chi connectivity index (χ2n) is 11.3. The fourth-order valence-corrected chi connectivity index (χ4v) is 7.75. The smallest absolute Gasteiger partial charge is 0.200 e. The lowest BCUT2D eigenvalue weighted by Gasteiger charge is -2.30. The number of hydrogen-bond acceptors (Lipinski definition) is 9. The molecule has 2 N–H and O–H groups in total. The van der Waals surface area contributed by atoms with Gasteiger partial charge < -0.3 is 24.1 Å². The van der Waals surface area contributed by atoms with Crippen LogP contribution >= 0.6 is 0 Å². The van der Waals surface area contributed by atoms with Gasteiger partial charge in [0, 0.05) is 12.4 Å². The number of hydrogen-bond donors (Lipinski definition) is 2. The highest BCUT2D eigenvalue weighted by atomic mass is 32.2. The van der Waals surface area contributed by atoms with Gasteiger partial charge in [-0.15, -0.1) is 0 Å². The molecule has 47 heavy (non-hydrogen) atoms. The van der Waals surface area contributed by atoms with Crippen LogP contribution in [0.15, 0.2) is 108 Å². The van der Waals surface area contributed by atoms with Crippen LogP contribution in [-0.4, -0.2) is 72.1 Å². The third kappa shape index (κ3) is 7.55. The van der Waals surface area contributed by atoms with Gasteiger partial charge in [-0.1, -0.05) is 36.4 Å². The molecule has 0 saturated carbocycles. The van der Waals surface area contributed by atoms with E-state index in [4.69, 9.17) is 14.7 Å². The molecule has 0 spiro atoms. The van der Waals surface area contributed by atoms with Crippen LogP contribution in [0.25, 0.3) is 22.1 Å². The van der Waals surface area contributed by atoms with E-state index in [1.165, 1.54) is 0 Å². The molecular formula is C34H36N6O5S2. The number of imidazole rings is 2. The van der Waals surface area contributed by atoms with E-state index in [-0.39, 0.29) is 24.6 Å². The van der Waals surface area contributed by atoms with Gasteiger partial charge in [-0.05, 0) is 62.4 Å². The summed E-state index contributed by atoms with van der Waals surface area (Å²) in [5.74, 6) is 0.347. The van der Waals surface area contributed by atoms with Gasteiger partial charge in [-0.2, -0.15) is 0 Å². The number of benzene rings is 2. The lowest BCUT2D eigenvalue weighted by molar-refractivity contribution is -0.119. The first-order chi connectivity index (χ1) is 22.8. The van der Waals surface area contributed by atoms with E-state index in [0.29, 0.717) is 32.7 Å². The molecule has 0 aliphatic rings. The van der Waals surface area contributed by atoms with Gasteiger partial charge in [0.05, 0.1) is 91.9 Å². The minimum atomic E-state index is -1.55. The molecule has 2 aromatic carbocycles. The van der Waals surface area contributed by atoms with Crippen LogP contribution in [0.5, 0.6) is 0 Å². The predicted molar refractivity (Wildman–Crippen MR) is 180 cm³/mol. The maximum absolute atomic E-state index is 13.7. The van der Waals surface area contributed by atoms with Crippen molar-refractivity contribution < 1.29 is 23.4 Å². The number of rotatable bonds is 14. The molecule has 0 amide bonds. The summed E-state index contributed by atoms with van der Waals surface area (Å²) in [4.78, 5) is 18.0. The molecule has 6 aromatic rings. The van der Waals surface area contributed by atoms with Crippen molar-refractivity contribution in [2.45, 2.75) is 73.2 Å². The summed E-state index contributed by atoms with van der Waals surface area (Å²) < 4.78 is 37.4. The zero-order chi connectivity index (χ0) is 32.9. The van der Waals surface area contributed by atoms with Crippen LogP contribution in [-0.2, 0) is 50.9 Å². The average Bonchev–Trinajstić information content (AvgIpc) is 3.63. The van der Waals surface area contributed by atoms with Gasteiger partial charge in [-0.25, -0.2) is 9.97 Å². The molecule has 0 radical (unpaired) electrons. The Kier molecular flexibility index (Phi) is 10.3. The van der Waals surface area contributed by atoms with E-state index < -0.39 is 46.0 Å². The Morgan fingerprint density at radius 3 is 1.43 bits per heavy atom. The van der Waals surface area contributed by atoms with Crippen molar-refractivity contribution in [3.8, 4) is 0 Å². The van der Waals surface area contributed by atoms with Gasteiger partial charge in [0.25, 0.3) is 0 Å². The summed E-state index contributed by atoms with van der Waals surface area (Å²) in [7, 11) is -3.09. The molecule has 0 bridgehead atoms. The average molecular weight is 673 g/mol. The topological polar surface area (TPSA) is 145 Å². The van der Waals surface area contributed by atoms with Crippen LogP contribution in [0.4, 0.5) is 0 Å². The maximum Gasteiger partial charge on any atom is 0.200 e. The normalized spacial score (nSPS) is 15.7. The quantitative estimate of drug-likeness (QED) is 0.175. The first-order valence-electron chi connectivity index (χ1n) is 15.3. The summed E-state index contributed by atoms with van der Waals surface area (Å²) in [6.45, 7) is 3.47. The molecule has 4 heterocycles. The lowest BCUT2D eigenvalue weighted by atomic mass is 10.1. The number of aromatic nitrogens is 6. The van der Waals surface area contributed by atoms with Gasteiger partial charge in [0.15, 0.2) is 0 Å². The van der Waals surface area contributed by atoms with Crippen molar-refractivity contribution in [3.63, 3.8) is 0 Å². The van der Waals surface area contributed by atoms with E-state index in [2.05, 4.69) is 9.97 Å². The van der Waals surface area contributed by atoms with Gasteiger partial charge in [0.2, 0.25) is 10.3 Å². The van der Waals surface area contributed by atoms with E-state index in [1.54, 1.807) is 38.4 Å². The molecule has 6 atom stereocenters. The minimum Gasteiger partial charge on any atom is -0.391 e. The first-order valence-corrected chi connectivity index (χ1v) is 17.9. The number of fused-ring (bicyclic) bond motifs is 2. The number of pyridine rings is 2. The molecule has 13 heteroatoms. The van der Waals surface area contributed by atoms with E-state index in [0.717, 1.165) is 11.0 Å². The van der Waals surface area contributed by atoms with Crippen LogP contribution in [0.3, 0.4) is 0 Å². The Hall–Kier alpha value is -4.14. The SMILES string of the molecule is CC(O)C(Cn1c(S(=O)Cc2ccccn2)nc2ccccc21)OC(Cn1c(S(=O)Cc2ccccn2)nc2ccccc21)C(C)O. The van der Waals surface area contributed by atoms with Crippen molar-refractivity contribution in [2.75, 3.05) is 0 Å². The molecule has 0 aliphatic carbocycles. The first kappa shape index (κ1) is 32.8. The van der Waals surface area contributed by atoms with Gasteiger partial charge in [-0.3, -0.25) is 18.4 Å². The summed E-state index contributed by atoms with van der Waals surface area (Å²) in [6, 6.07) is 25.9. The standard InChI is InChI=1S/C34H36N6O5S2/c1-23(41)31(19-39-29-15-5-3-13-27(29)37-33(39)46(43)21-25-11-7-9-17-35-25)45-32(24(2)42)20-40-30-16-6-4-14-28(30)38-34(40)47(44)22-26-12-8-10-18-36-26/h3-18,23-24,31-32,41-42H,19-22H2,1-2H3. The predicted octanol–water partition coefficient (Wildman–Crippen LogP) is 4.01. The third-order valence-corrected chi connectivity index (χ3v) is 10.4. The van der Waals surface area contributed by atoms with Crippen LogP contribution in [0, 0.1) is 0 Å². The van der Waals surface area contributed by atoms with Gasteiger partial charge >= 0.3 is 0 Å². The highest BCUT2D eigenvalue weighted by Gasteiger charge is 2.30. The molecule has 6 unspecified atom stereocenters. The van der Waals surface area contributed by atoms with E-state index in [9.17, 15) is 18.6 Å². The monoisotopic (exact) mass is 672 g/mol. The summed E-state index contributed by atoms with van der Waals surface area (Å²) in [5.41, 5.74) is 4.16. The Morgan fingerprint density at radius 2 is 1.04 bits per heavy atom. The molecule has 244 valence electrons. The number of para-hydroxylation sites is 4. The summed E-state index contributed by atoms with van der Waals surface area (Å²) in [6.07, 6.45) is -0.262. The van der Waals surface area contributed by atoms with Gasteiger partial charge in [0.1, 0.15) is 12.2 Å². The fraction of sp³-hybridized carbons (Fsp3) is 0.294. The van der Waals surface area contributed by atoms with Crippen LogP contribution < -0.4 is 0 Å². The summed E-state index contributed by atoms with van der Waals surface area (Å²) >= 11 is 0. The molecule has 4 aromatic heterocycles. The second-order valence-corrected chi connectivity index (χ2v) is 14.0. The zero-order valence-corrected chi connectivity index (χ0v) is 27.6. The van der Waals surface area contributed by atoms with Crippen LogP contribution in [0.1, 0.15) is 25.2 Å². The number of aliphatic hydroxyl groups excluding tert-OH is 2. The van der Waals surface area contributed by atoms with Crippen LogP contribution in [0.2, 0.25) is 0 Å². The highest BCUT2D eigenvalue weighted by molar-refractivity contribution is 7.84. The molecule has 0 fully saturated rings. The van der Waals surface area contributed by atoms with Crippen molar-refractivity contribution in [1.29, 1.82) is 0 Å². The number of nitrogens with zero attached hydrogens (tertiary/aromatic N) is 6. The molecular weight excluding hydrogens is 637 g/mol. The molecule has 11 nitrogen and oxygen atoms in total. The fourth-order valence-electron chi connectivity index (χ4n) is 5.38. The van der Waals surface area contributed by atoms with Crippen molar-refractivity contribution in [1.82, 2.24) is 29.1 Å². The second kappa shape index (κ2) is 14.7. The maximum atomic E-state index is 13.7. The van der Waals surface area contributed by atoms with Crippen molar-refractivity contribution in [2.24, 2.45) is 0 Å². The Balaban J connectivity index is 1.30. The lowest BCUT2D eigenvalue weighted by Crippen LogP contribution is -2.41. The van der Waals surface area contributed by atoms with Crippen molar-refractivity contribution >= 4 is 43.7 Å². The largest absolute Gasteiger partial charge is 0.391 e. The zero-order valence-electron chi connectivity index (χ0n) is 26.0.